The van der Waals surface area contributed by atoms with Gasteiger partial charge in [0.25, 0.3) is 0 Å². The molecule has 1 N–H and O–H groups in total. The van der Waals surface area contributed by atoms with Crippen LogP contribution in [0.15, 0.2) is 42.5 Å². The van der Waals surface area contributed by atoms with E-state index in [0.717, 1.165) is 0 Å². The number of anilines is 1. The molecular formula is C20H23NO5. The van der Waals surface area contributed by atoms with Gasteiger partial charge in [-0.25, -0.2) is 0 Å². The summed E-state index contributed by atoms with van der Waals surface area (Å²) >= 11 is 0. The van der Waals surface area contributed by atoms with E-state index in [2.05, 4.69) is 5.32 Å². The minimum atomic E-state index is -0.283. The predicted molar refractivity (Wildman–Crippen MR) is 101 cm³/mol. The molecule has 0 aliphatic carbocycles. The molecule has 0 saturated heterocycles. The second-order valence-electron chi connectivity index (χ2n) is 5.18. The van der Waals surface area contributed by atoms with Crippen molar-refractivity contribution in [2.24, 2.45) is 0 Å². The summed E-state index contributed by atoms with van der Waals surface area (Å²) in [7, 11) is 4.62. The Morgan fingerprint density at radius 3 is 2.35 bits per heavy atom. The van der Waals surface area contributed by atoms with Gasteiger partial charge < -0.3 is 24.3 Å². The van der Waals surface area contributed by atoms with Crippen LogP contribution in [0.1, 0.15) is 12.5 Å². The van der Waals surface area contributed by atoms with Crippen LogP contribution in [-0.2, 0) is 4.79 Å². The molecule has 6 nitrogen and oxygen atoms in total. The number of hydrogen-bond acceptors (Lipinski definition) is 5. The molecule has 0 unspecified atom stereocenters. The molecule has 6 heteroatoms. The van der Waals surface area contributed by atoms with Gasteiger partial charge in [-0.15, -0.1) is 0 Å². The van der Waals surface area contributed by atoms with Crippen LogP contribution < -0.4 is 24.3 Å². The standard InChI is InChI=1S/C20H23NO5/c1-5-26-16-9-7-6-8-15(16)21-18(22)13-11-14-10-12-17(23-2)20(25-4)19(14)24-3/h6-13H,5H2,1-4H3,(H,21,22). The lowest BCUT2D eigenvalue weighted by atomic mass is 10.1. The zero-order valence-corrected chi connectivity index (χ0v) is 15.4. The molecule has 0 saturated carbocycles. The van der Waals surface area contributed by atoms with E-state index < -0.39 is 0 Å². The number of hydrogen-bond donors (Lipinski definition) is 1. The van der Waals surface area contributed by atoms with Crippen molar-refractivity contribution in [1.82, 2.24) is 0 Å². The Morgan fingerprint density at radius 1 is 0.962 bits per heavy atom. The van der Waals surface area contributed by atoms with Crippen LogP contribution in [0.2, 0.25) is 0 Å². The summed E-state index contributed by atoms with van der Waals surface area (Å²) in [5.41, 5.74) is 1.31. The maximum atomic E-state index is 12.3. The number of carbonyl (C=O) groups is 1. The van der Waals surface area contributed by atoms with Crippen molar-refractivity contribution >= 4 is 17.7 Å². The fraction of sp³-hybridized carbons (Fsp3) is 0.250. The Bertz CT molecular complexity index is 786. The van der Waals surface area contributed by atoms with E-state index in [1.54, 1.807) is 37.5 Å². The monoisotopic (exact) mass is 357 g/mol. The lowest BCUT2D eigenvalue weighted by molar-refractivity contribution is -0.111. The SMILES string of the molecule is CCOc1ccccc1NC(=O)C=Cc1ccc(OC)c(OC)c1OC. The van der Waals surface area contributed by atoms with E-state index in [1.807, 2.05) is 19.1 Å². The predicted octanol–water partition coefficient (Wildman–Crippen LogP) is 3.76. The molecule has 1 amide bonds. The van der Waals surface area contributed by atoms with Gasteiger partial charge in [-0.1, -0.05) is 12.1 Å². The van der Waals surface area contributed by atoms with E-state index >= 15 is 0 Å². The molecule has 0 heterocycles. The van der Waals surface area contributed by atoms with Crippen molar-refractivity contribution in [1.29, 1.82) is 0 Å². The van der Waals surface area contributed by atoms with Gasteiger partial charge in [-0.2, -0.15) is 0 Å². The fourth-order valence-corrected chi connectivity index (χ4v) is 2.45. The number of rotatable bonds is 8. The molecule has 0 fully saturated rings. The van der Waals surface area contributed by atoms with Gasteiger partial charge in [0.1, 0.15) is 5.75 Å². The van der Waals surface area contributed by atoms with Crippen LogP contribution in [0.5, 0.6) is 23.0 Å². The van der Waals surface area contributed by atoms with Gasteiger partial charge in [0.05, 0.1) is 33.6 Å². The summed E-state index contributed by atoms with van der Waals surface area (Å²) in [6.45, 7) is 2.41. The maximum Gasteiger partial charge on any atom is 0.248 e. The zero-order chi connectivity index (χ0) is 18.9. The van der Waals surface area contributed by atoms with Crippen molar-refractivity contribution in [3.8, 4) is 23.0 Å². The van der Waals surface area contributed by atoms with Crippen molar-refractivity contribution < 1.29 is 23.7 Å². The molecular weight excluding hydrogens is 334 g/mol. The highest BCUT2D eigenvalue weighted by Gasteiger charge is 2.14. The van der Waals surface area contributed by atoms with Crippen LogP contribution in [0, 0.1) is 0 Å². The molecule has 0 spiro atoms. The van der Waals surface area contributed by atoms with Crippen LogP contribution in [0.25, 0.3) is 6.08 Å². The summed E-state index contributed by atoms with van der Waals surface area (Å²) in [5, 5.41) is 2.81. The van der Waals surface area contributed by atoms with Crippen LogP contribution in [0.3, 0.4) is 0 Å². The van der Waals surface area contributed by atoms with E-state index in [9.17, 15) is 4.79 Å². The van der Waals surface area contributed by atoms with Crippen LogP contribution >= 0.6 is 0 Å². The highest BCUT2D eigenvalue weighted by atomic mass is 16.5. The third kappa shape index (κ3) is 4.47. The molecule has 26 heavy (non-hydrogen) atoms. The first-order valence-electron chi connectivity index (χ1n) is 8.14. The highest BCUT2D eigenvalue weighted by molar-refractivity contribution is 6.03. The Balaban J connectivity index is 2.21. The van der Waals surface area contributed by atoms with Crippen molar-refractivity contribution in [2.75, 3.05) is 33.3 Å². The fourth-order valence-electron chi connectivity index (χ4n) is 2.45. The molecule has 0 radical (unpaired) electrons. The van der Waals surface area contributed by atoms with Crippen LogP contribution in [0.4, 0.5) is 5.69 Å². The topological polar surface area (TPSA) is 66.0 Å². The average Bonchev–Trinajstić information content (AvgIpc) is 2.67. The lowest BCUT2D eigenvalue weighted by Crippen LogP contribution is -2.09. The van der Waals surface area contributed by atoms with Crippen molar-refractivity contribution in [3.05, 3.63) is 48.0 Å². The van der Waals surface area contributed by atoms with E-state index in [1.165, 1.54) is 20.3 Å². The molecule has 0 aliphatic heterocycles. The third-order valence-corrected chi connectivity index (χ3v) is 3.59. The van der Waals surface area contributed by atoms with Crippen LogP contribution in [-0.4, -0.2) is 33.8 Å². The first-order chi connectivity index (χ1) is 12.6. The average molecular weight is 357 g/mol. The van der Waals surface area contributed by atoms with E-state index in [0.29, 0.717) is 40.9 Å². The number of ether oxygens (including phenoxy) is 4. The van der Waals surface area contributed by atoms with Crippen molar-refractivity contribution in [3.63, 3.8) is 0 Å². The van der Waals surface area contributed by atoms with E-state index in [-0.39, 0.29) is 5.91 Å². The molecule has 2 rings (SSSR count). The quantitative estimate of drug-likeness (QED) is 0.729. The molecule has 0 aromatic heterocycles. The first-order valence-corrected chi connectivity index (χ1v) is 8.14. The normalized spacial score (nSPS) is 10.5. The Morgan fingerprint density at radius 2 is 1.69 bits per heavy atom. The van der Waals surface area contributed by atoms with E-state index in [4.69, 9.17) is 18.9 Å². The summed E-state index contributed by atoms with van der Waals surface area (Å²) in [5.74, 6) is 1.86. The van der Waals surface area contributed by atoms with Crippen molar-refractivity contribution in [2.45, 2.75) is 6.92 Å². The summed E-state index contributed by atoms with van der Waals surface area (Å²) in [6.07, 6.45) is 3.08. The zero-order valence-electron chi connectivity index (χ0n) is 15.4. The van der Waals surface area contributed by atoms with Gasteiger partial charge in [-0.3, -0.25) is 4.79 Å². The number of para-hydroxylation sites is 2. The Labute approximate surface area is 153 Å². The third-order valence-electron chi connectivity index (χ3n) is 3.59. The minimum Gasteiger partial charge on any atom is -0.493 e. The van der Waals surface area contributed by atoms with Gasteiger partial charge >= 0.3 is 0 Å². The number of nitrogens with one attached hydrogen (secondary N) is 1. The summed E-state index contributed by atoms with van der Waals surface area (Å²) in [6, 6.07) is 10.8. The minimum absolute atomic E-state index is 0.283. The highest BCUT2D eigenvalue weighted by Crippen LogP contribution is 2.40. The number of benzene rings is 2. The smallest absolute Gasteiger partial charge is 0.248 e. The number of carbonyl (C=O) groups excluding carboxylic acids is 1. The first kappa shape index (κ1) is 19.2. The van der Waals surface area contributed by atoms with Gasteiger partial charge in [0.2, 0.25) is 11.7 Å². The maximum absolute atomic E-state index is 12.3. The molecule has 0 atom stereocenters. The summed E-state index contributed by atoms with van der Waals surface area (Å²) < 4.78 is 21.5. The van der Waals surface area contributed by atoms with Gasteiger partial charge in [-0.05, 0) is 37.3 Å². The number of amides is 1. The molecule has 138 valence electrons. The van der Waals surface area contributed by atoms with Gasteiger partial charge in [0.15, 0.2) is 11.5 Å². The Hall–Kier alpha value is -3.15. The summed E-state index contributed by atoms with van der Waals surface area (Å²) in [4.78, 5) is 12.3. The lowest BCUT2D eigenvalue weighted by Gasteiger charge is -2.14. The second-order valence-corrected chi connectivity index (χ2v) is 5.18. The van der Waals surface area contributed by atoms with Gasteiger partial charge in [0, 0.05) is 11.6 Å². The Kier molecular flexibility index (Phi) is 6.91. The molecule has 2 aromatic rings. The molecule has 0 bridgehead atoms. The molecule has 0 aliphatic rings. The second kappa shape index (κ2) is 9.36. The largest absolute Gasteiger partial charge is 0.493 e. The number of methoxy groups -OCH3 is 3. The molecule has 2 aromatic carbocycles.